The second-order valence-electron chi connectivity index (χ2n) is 6.01. The Balaban J connectivity index is 1.76. The van der Waals surface area contributed by atoms with E-state index in [4.69, 9.17) is 4.74 Å². The van der Waals surface area contributed by atoms with E-state index in [2.05, 4.69) is 0 Å². The second kappa shape index (κ2) is 6.23. The minimum absolute atomic E-state index is 0.0261. The summed E-state index contributed by atoms with van der Waals surface area (Å²) >= 11 is 1.93. The van der Waals surface area contributed by atoms with Crippen LogP contribution in [0.25, 0.3) is 0 Å². The quantitative estimate of drug-likeness (QED) is 0.903. The molecule has 1 spiro atoms. The average Bonchev–Trinajstić information content (AvgIpc) is 2.47. The SMILES string of the molecule is OC(c1ccc(F)cc1F)C1CCOC2(CCSCC2)C1. The molecule has 5 heteroatoms. The molecule has 3 rings (SSSR count). The van der Waals surface area contributed by atoms with Crippen LogP contribution in [0.4, 0.5) is 8.78 Å². The van der Waals surface area contributed by atoms with Crippen LogP contribution in [-0.4, -0.2) is 28.8 Å². The maximum Gasteiger partial charge on any atom is 0.131 e. The number of thioether (sulfide) groups is 1. The Morgan fingerprint density at radius 2 is 2.05 bits per heavy atom. The Labute approximate surface area is 127 Å². The molecule has 116 valence electrons. The standard InChI is InChI=1S/C16H20F2O2S/c17-12-1-2-13(14(18)9-12)15(19)11-3-6-20-16(10-11)4-7-21-8-5-16/h1-2,9,11,15,19H,3-8,10H2. The van der Waals surface area contributed by atoms with E-state index in [9.17, 15) is 13.9 Å². The highest BCUT2D eigenvalue weighted by atomic mass is 32.2. The molecular formula is C16H20F2O2S. The van der Waals surface area contributed by atoms with Gasteiger partial charge in [-0.25, -0.2) is 8.78 Å². The summed E-state index contributed by atoms with van der Waals surface area (Å²) in [7, 11) is 0. The van der Waals surface area contributed by atoms with Crippen LogP contribution < -0.4 is 0 Å². The van der Waals surface area contributed by atoms with Crippen LogP contribution in [0.2, 0.25) is 0 Å². The van der Waals surface area contributed by atoms with Gasteiger partial charge >= 0.3 is 0 Å². The third-order valence-electron chi connectivity index (χ3n) is 4.66. The lowest BCUT2D eigenvalue weighted by molar-refractivity contribution is -0.121. The summed E-state index contributed by atoms with van der Waals surface area (Å²) in [5.74, 6) is 0.849. The lowest BCUT2D eigenvalue weighted by Gasteiger charge is -2.44. The van der Waals surface area contributed by atoms with Crippen molar-refractivity contribution in [3.63, 3.8) is 0 Å². The highest BCUT2D eigenvalue weighted by molar-refractivity contribution is 7.99. The van der Waals surface area contributed by atoms with Crippen molar-refractivity contribution in [2.45, 2.75) is 37.4 Å². The third-order valence-corrected chi connectivity index (χ3v) is 5.65. The molecular weight excluding hydrogens is 294 g/mol. The summed E-state index contributed by atoms with van der Waals surface area (Å²) in [4.78, 5) is 0. The zero-order chi connectivity index (χ0) is 14.9. The first-order valence-corrected chi connectivity index (χ1v) is 8.60. The van der Waals surface area contributed by atoms with Gasteiger partial charge in [0.1, 0.15) is 11.6 Å². The summed E-state index contributed by atoms with van der Waals surface area (Å²) < 4.78 is 32.8. The number of halogens is 2. The topological polar surface area (TPSA) is 29.5 Å². The first-order valence-electron chi connectivity index (χ1n) is 7.44. The molecule has 0 radical (unpaired) electrons. The van der Waals surface area contributed by atoms with Crippen molar-refractivity contribution in [3.05, 3.63) is 35.4 Å². The highest BCUT2D eigenvalue weighted by Crippen LogP contribution is 2.43. The highest BCUT2D eigenvalue weighted by Gasteiger charge is 2.41. The molecule has 1 aromatic rings. The van der Waals surface area contributed by atoms with Crippen LogP contribution in [0.1, 0.15) is 37.4 Å². The summed E-state index contributed by atoms with van der Waals surface area (Å²) in [6.07, 6.45) is 2.57. The molecule has 0 aromatic heterocycles. The number of benzene rings is 1. The summed E-state index contributed by atoms with van der Waals surface area (Å²) in [6, 6.07) is 3.40. The van der Waals surface area contributed by atoms with Crippen molar-refractivity contribution in [1.82, 2.24) is 0 Å². The first-order chi connectivity index (χ1) is 10.1. The zero-order valence-corrected chi connectivity index (χ0v) is 12.7. The molecule has 2 aliphatic rings. The molecule has 1 N–H and O–H groups in total. The number of rotatable bonds is 2. The van der Waals surface area contributed by atoms with Gasteiger partial charge in [-0.3, -0.25) is 0 Å². The molecule has 2 aliphatic heterocycles. The molecule has 2 heterocycles. The molecule has 21 heavy (non-hydrogen) atoms. The van der Waals surface area contributed by atoms with Gasteiger partial charge in [0.25, 0.3) is 0 Å². The molecule has 0 aliphatic carbocycles. The van der Waals surface area contributed by atoms with E-state index >= 15 is 0 Å². The van der Waals surface area contributed by atoms with Crippen molar-refractivity contribution in [2.24, 2.45) is 5.92 Å². The smallest absolute Gasteiger partial charge is 0.131 e. The van der Waals surface area contributed by atoms with Gasteiger partial charge in [0, 0.05) is 18.2 Å². The number of aliphatic hydroxyl groups is 1. The van der Waals surface area contributed by atoms with E-state index < -0.39 is 17.7 Å². The van der Waals surface area contributed by atoms with Gasteiger partial charge in [-0.2, -0.15) is 11.8 Å². The largest absolute Gasteiger partial charge is 0.388 e. The van der Waals surface area contributed by atoms with E-state index in [1.54, 1.807) is 0 Å². The van der Waals surface area contributed by atoms with Gasteiger partial charge in [0.15, 0.2) is 0 Å². The monoisotopic (exact) mass is 314 g/mol. The average molecular weight is 314 g/mol. The molecule has 2 unspecified atom stereocenters. The van der Waals surface area contributed by atoms with Gasteiger partial charge in [-0.05, 0) is 49.2 Å². The Morgan fingerprint density at radius 3 is 2.76 bits per heavy atom. The Bertz CT molecular complexity index is 498. The van der Waals surface area contributed by atoms with E-state index in [0.29, 0.717) is 13.0 Å². The fourth-order valence-electron chi connectivity index (χ4n) is 3.42. The van der Waals surface area contributed by atoms with Gasteiger partial charge in [-0.15, -0.1) is 0 Å². The summed E-state index contributed by atoms with van der Waals surface area (Å²) in [5, 5.41) is 10.5. The maximum absolute atomic E-state index is 13.9. The van der Waals surface area contributed by atoms with E-state index in [-0.39, 0.29) is 17.1 Å². The van der Waals surface area contributed by atoms with Crippen LogP contribution in [-0.2, 0) is 4.74 Å². The molecule has 1 aromatic carbocycles. The fourth-order valence-corrected chi connectivity index (χ4v) is 4.66. The van der Waals surface area contributed by atoms with Crippen molar-refractivity contribution in [2.75, 3.05) is 18.1 Å². The number of hydrogen-bond acceptors (Lipinski definition) is 3. The lowest BCUT2D eigenvalue weighted by atomic mass is 9.78. The molecule has 2 nitrogen and oxygen atoms in total. The van der Waals surface area contributed by atoms with Crippen molar-refractivity contribution in [1.29, 1.82) is 0 Å². The summed E-state index contributed by atoms with van der Waals surface area (Å²) in [6.45, 7) is 0.606. The predicted molar refractivity (Wildman–Crippen MR) is 79.3 cm³/mol. The molecule has 2 saturated heterocycles. The van der Waals surface area contributed by atoms with Gasteiger partial charge in [0.2, 0.25) is 0 Å². The predicted octanol–water partition coefficient (Wildman–Crippen LogP) is 3.69. The van der Waals surface area contributed by atoms with Gasteiger partial charge < -0.3 is 9.84 Å². The number of ether oxygens (including phenoxy) is 1. The van der Waals surface area contributed by atoms with Crippen LogP contribution in [0.5, 0.6) is 0 Å². The van der Waals surface area contributed by atoms with Crippen molar-refractivity contribution in [3.8, 4) is 0 Å². The molecule has 2 atom stereocenters. The van der Waals surface area contributed by atoms with E-state index in [0.717, 1.165) is 36.8 Å². The van der Waals surface area contributed by atoms with Crippen molar-refractivity contribution < 1.29 is 18.6 Å². The van der Waals surface area contributed by atoms with E-state index in [1.807, 2.05) is 11.8 Å². The molecule has 0 bridgehead atoms. The van der Waals surface area contributed by atoms with Crippen LogP contribution in [0.3, 0.4) is 0 Å². The number of aliphatic hydroxyl groups excluding tert-OH is 1. The zero-order valence-electron chi connectivity index (χ0n) is 11.9. The lowest BCUT2D eigenvalue weighted by Crippen LogP contribution is -2.44. The normalized spacial score (nSPS) is 26.7. The third kappa shape index (κ3) is 3.25. The Kier molecular flexibility index (Phi) is 4.52. The fraction of sp³-hybridized carbons (Fsp3) is 0.625. The van der Waals surface area contributed by atoms with Crippen molar-refractivity contribution >= 4 is 11.8 Å². The molecule has 2 fully saturated rings. The second-order valence-corrected chi connectivity index (χ2v) is 7.23. The molecule has 0 amide bonds. The van der Waals surface area contributed by atoms with Crippen LogP contribution >= 0.6 is 11.8 Å². The van der Waals surface area contributed by atoms with E-state index in [1.165, 1.54) is 12.1 Å². The van der Waals surface area contributed by atoms with Gasteiger partial charge in [-0.1, -0.05) is 6.07 Å². The maximum atomic E-state index is 13.9. The summed E-state index contributed by atoms with van der Waals surface area (Å²) in [5.41, 5.74) is 0.0506. The first kappa shape index (κ1) is 15.3. The minimum Gasteiger partial charge on any atom is -0.388 e. The minimum atomic E-state index is -0.888. The Morgan fingerprint density at radius 1 is 1.29 bits per heavy atom. The van der Waals surface area contributed by atoms with Crippen LogP contribution in [0, 0.1) is 17.6 Å². The Hall–Kier alpha value is -0.650. The molecule has 0 saturated carbocycles. The van der Waals surface area contributed by atoms with Crippen LogP contribution in [0.15, 0.2) is 18.2 Å². The number of hydrogen-bond donors (Lipinski definition) is 1. The van der Waals surface area contributed by atoms with Gasteiger partial charge in [0.05, 0.1) is 11.7 Å².